The number of nitrogens with zero attached hydrogens (tertiary/aromatic N) is 2. The van der Waals surface area contributed by atoms with Gasteiger partial charge in [0.25, 0.3) is 0 Å². The van der Waals surface area contributed by atoms with E-state index in [-0.39, 0.29) is 0 Å². The monoisotopic (exact) mass is 206 g/mol. The highest BCUT2D eigenvalue weighted by molar-refractivity contribution is 4.93. The molecule has 0 saturated heterocycles. The highest BCUT2D eigenvalue weighted by Crippen LogP contribution is 1.93. The molecule has 1 heterocycles. The highest BCUT2D eigenvalue weighted by atomic mass is 16.3. The zero-order valence-electron chi connectivity index (χ0n) is 9.30. The first-order valence-electron chi connectivity index (χ1n) is 5.26. The first kappa shape index (κ1) is 11.7. The molecule has 0 amide bonds. The predicted molar refractivity (Wildman–Crippen MR) is 61.1 cm³/mol. The molecule has 0 bridgehead atoms. The summed E-state index contributed by atoms with van der Waals surface area (Å²) in [4.78, 5) is 4.23. The van der Waals surface area contributed by atoms with Crippen molar-refractivity contribution in [3.8, 4) is 0 Å². The van der Waals surface area contributed by atoms with Gasteiger partial charge in [0, 0.05) is 19.2 Å². The van der Waals surface area contributed by atoms with Crippen molar-refractivity contribution in [2.75, 3.05) is 0 Å². The number of rotatable bonds is 4. The summed E-state index contributed by atoms with van der Waals surface area (Å²) in [6.45, 7) is 4.84. The van der Waals surface area contributed by atoms with E-state index in [4.69, 9.17) is 0 Å². The van der Waals surface area contributed by atoms with E-state index in [1.807, 2.05) is 48.0 Å². The third kappa shape index (κ3) is 3.72. The quantitative estimate of drug-likeness (QED) is 0.748. The van der Waals surface area contributed by atoms with Gasteiger partial charge in [0.1, 0.15) is 5.49 Å². The van der Waals surface area contributed by atoms with Crippen LogP contribution in [0.4, 0.5) is 0 Å². The van der Waals surface area contributed by atoms with Crippen LogP contribution in [-0.2, 0) is 6.54 Å². The number of hydrogen-bond acceptors (Lipinski definition) is 2. The Labute approximate surface area is 90.4 Å². The van der Waals surface area contributed by atoms with Gasteiger partial charge in [-0.1, -0.05) is 18.2 Å². The van der Waals surface area contributed by atoms with Crippen LogP contribution in [0.25, 0.3) is 0 Å². The molecular formula is C12H18N2O. The maximum absolute atomic E-state index is 9.62. The van der Waals surface area contributed by atoms with Crippen molar-refractivity contribution in [3.63, 3.8) is 0 Å². The van der Waals surface area contributed by atoms with E-state index >= 15 is 0 Å². The molecule has 0 saturated carbocycles. The van der Waals surface area contributed by atoms with Gasteiger partial charge in [0.05, 0.1) is 0 Å². The Morgan fingerprint density at radius 1 is 1.53 bits per heavy atom. The van der Waals surface area contributed by atoms with E-state index < -0.39 is 6.23 Å². The summed E-state index contributed by atoms with van der Waals surface area (Å²) < 4.78 is 2.00. The average Bonchev–Trinajstić information content (AvgIpc) is 2.27. The fourth-order valence-electron chi connectivity index (χ4n) is 1.32. The van der Waals surface area contributed by atoms with Crippen LogP contribution in [0.15, 0.2) is 41.5 Å². The van der Waals surface area contributed by atoms with Crippen molar-refractivity contribution in [1.82, 2.24) is 4.57 Å². The molecule has 1 atom stereocenters. The van der Waals surface area contributed by atoms with E-state index in [2.05, 4.69) is 11.9 Å². The van der Waals surface area contributed by atoms with E-state index in [1.165, 1.54) is 0 Å². The molecule has 0 aliphatic rings. The van der Waals surface area contributed by atoms with Gasteiger partial charge in [0.15, 0.2) is 6.23 Å². The SMILES string of the molecule is C/C=C\CC(O)/N=c1/ccccn1CC. The van der Waals surface area contributed by atoms with Gasteiger partial charge >= 0.3 is 0 Å². The average molecular weight is 206 g/mol. The summed E-state index contributed by atoms with van der Waals surface area (Å²) >= 11 is 0. The van der Waals surface area contributed by atoms with Gasteiger partial charge in [-0.3, -0.25) is 0 Å². The van der Waals surface area contributed by atoms with Crippen molar-refractivity contribution >= 4 is 0 Å². The lowest BCUT2D eigenvalue weighted by Crippen LogP contribution is -2.21. The lowest BCUT2D eigenvalue weighted by Gasteiger charge is -2.05. The van der Waals surface area contributed by atoms with Crippen molar-refractivity contribution in [1.29, 1.82) is 0 Å². The fraction of sp³-hybridized carbons (Fsp3) is 0.417. The Hall–Kier alpha value is -1.35. The number of aliphatic hydroxyl groups excluding tert-OH is 1. The molecule has 3 nitrogen and oxygen atoms in total. The van der Waals surface area contributed by atoms with Gasteiger partial charge in [0.2, 0.25) is 0 Å². The first-order valence-corrected chi connectivity index (χ1v) is 5.26. The molecule has 0 aliphatic carbocycles. The van der Waals surface area contributed by atoms with Crippen molar-refractivity contribution < 1.29 is 5.11 Å². The van der Waals surface area contributed by atoms with Gasteiger partial charge < -0.3 is 9.67 Å². The molecule has 3 heteroatoms. The third-order valence-corrected chi connectivity index (χ3v) is 2.12. The Balaban J connectivity index is 2.88. The number of aryl methyl sites for hydroxylation is 1. The summed E-state index contributed by atoms with van der Waals surface area (Å²) in [7, 11) is 0. The van der Waals surface area contributed by atoms with Crippen LogP contribution in [0.3, 0.4) is 0 Å². The van der Waals surface area contributed by atoms with Crippen LogP contribution in [0.5, 0.6) is 0 Å². The van der Waals surface area contributed by atoms with Crippen LogP contribution in [0.1, 0.15) is 20.3 Å². The maximum Gasteiger partial charge on any atom is 0.150 e. The zero-order valence-corrected chi connectivity index (χ0v) is 9.30. The standard InChI is InChI=1S/C12H18N2O/c1-3-5-9-12(15)13-11-8-6-7-10-14(11)4-2/h3,5-8,10,12,15H,4,9H2,1-2H3/b5-3-,13-11-. The van der Waals surface area contributed by atoms with Crippen LogP contribution in [0.2, 0.25) is 0 Å². The molecule has 1 aromatic heterocycles. The number of allylic oxidation sites excluding steroid dienone is 1. The second-order valence-electron chi connectivity index (χ2n) is 3.26. The minimum absolute atomic E-state index is 0.565. The fourth-order valence-corrected chi connectivity index (χ4v) is 1.32. The third-order valence-electron chi connectivity index (χ3n) is 2.12. The number of hydrogen-bond donors (Lipinski definition) is 1. The van der Waals surface area contributed by atoms with Crippen LogP contribution < -0.4 is 5.49 Å². The zero-order chi connectivity index (χ0) is 11.1. The predicted octanol–water partition coefficient (Wildman–Crippen LogP) is 1.69. The Kier molecular flexibility index (Phi) is 4.84. The lowest BCUT2D eigenvalue weighted by molar-refractivity contribution is 0.182. The second kappa shape index (κ2) is 6.19. The molecule has 0 fully saturated rings. The summed E-state index contributed by atoms with van der Waals surface area (Å²) in [6, 6.07) is 5.79. The molecular weight excluding hydrogens is 188 g/mol. The van der Waals surface area contributed by atoms with E-state index in [9.17, 15) is 5.11 Å². The van der Waals surface area contributed by atoms with Crippen molar-refractivity contribution in [2.24, 2.45) is 4.99 Å². The van der Waals surface area contributed by atoms with Crippen LogP contribution in [0, 0.1) is 0 Å². The molecule has 1 N–H and O–H groups in total. The second-order valence-corrected chi connectivity index (χ2v) is 3.26. The summed E-state index contributed by atoms with van der Waals surface area (Å²) in [6.07, 6.45) is 5.70. The largest absolute Gasteiger partial charge is 0.371 e. The Morgan fingerprint density at radius 3 is 3.00 bits per heavy atom. The molecule has 1 unspecified atom stereocenters. The Bertz CT molecular complexity index is 379. The van der Waals surface area contributed by atoms with E-state index in [0.29, 0.717) is 6.42 Å². The van der Waals surface area contributed by atoms with Crippen molar-refractivity contribution in [2.45, 2.75) is 33.0 Å². The minimum atomic E-state index is -0.651. The van der Waals surface area contributed by atoms with Crippen LogP contribution >= 0.6 is 0 Å². The van der Waals surface area contributed by atoms with Crippen molar-refractivity contribution in [3.05, 3.63) is 42.0 Å². The van der Waals surface area contributed by atoms with Gasteiger partial charge in [-0.15, -0.1) is 0 Å². The maximum atomic E-state index is 9.62. The molecule has 1 aromatic rings. The van der Waals surface area contributed by atoms with Gasteiger partial charge in [-0.2, -0.15) is 0 Å². The first-order chi connectivity index (χ1) is 7.27. The molecule has 15 heavy (non-hydrogen) atoms. The highest BCUT2D eigenvalue weighted by Gasteiger charge is 1.97. The molecule has 1 rings (SSSR count). The summed E-state index contributed by atoms with van der Waals surface area (Å²) in [5, 5.41) is 9.62. The van der Waals surface area contributed by atoms with E-state index in [1.54, 1.807) is 0 Å². The Morgan fingerprint density at radius 2 is 2.33 bits per heavy atom. The normalized spacial score (nSPS) is 14.7. The number of pyridine rings is 1. The minimum Gasteiger partial charge on any atom is -0.371 e. The number of aromatic nitrogens is 1. The molecule has 0 aromatic carbocycles. The molecule has 82 valence electrons. The molecule has 0 spiro atoms. The summed E-state index contributed by atoms with van der Waals surface area (Å²) in [5.41, 5.74) is 0.817. The molecule has 0 aliphatic heterocycles. The molecule has 0 radical (unpaired) electrons. The smallest absolute Gasteiger partial charge is 0.150 e. The van der Waals surface area contributed by atoms with Gasteiger partial charge in [-0.05, 0) is 26.0 Å². The number of aliphatic hydroxyl groups is 1. The van der Waals surface area contributed by atoms with E-state index in [0.717, 1.165) is 12.0 Å². The summed E-state index contributed by atoms with van der Waals surface area (Å²) in [5.74, 6) is 0. The van der Waals surface area contributed by atoms with Gasteiger partial charge in [-0.25, -0.2) is 4.99 Å². The topological polar surface area (TPSA) is 37.5 Å². The van der Waals surface area contributed by atoms with Crippen LogP contribution in [-0.4, -0.2) is 15.9 Å². The lowest BCUT2D eigenvalue weighted by atomic mass is 10.3.